The molecule has 0 heterocycles. The second-order valence-corrected chi connectivity index (χ2v) is 4.60. The maximum absolute atomic E-state index is 3.81. The summed E-state index contributed by atoms with van der Waals surface area (Å²) < 4.78 is 0. The summed E-state index contributed by atoms with van der Waals surface area (Å²) in [5.74, 6) is 0.785. The SMILES string of the molecule is C=CCC(CC)CCNC/C=C/c1ccccc1. The van der Waals surface area contributed by atoms with E-state index < -0.39 is 0 Å². The fourth-order valence-corrected chi connectivity index (χ4v) is 1.98. The number of rotatable bonds is 9. The van der Waals surface area contributed by atoms with Crippen molar-refractivity contribution in [2.45, 2.75) is 26.2 Å². The average molecular weight is 243 g/mol. The lowest BCUT2D eigenvalue weighted by Gasteiger charge is -2.11. The van der Waals surface area contributed by atoms with Gasteiger partial charge in [-0.25, -0.2) is 0 Å². The third-order valence-electron chi connectivity index (χ3n) is 3.18. The van der Waals surface area contributed by atoms with Crippen molar-refractivity contribution < 1.29 is 0 Å². The van der Waals surface area contributed by atoms with Crippen LogP contribution in [0.5, 0.6) is 0 Å². The first-order valence-corrected chi connectivity index (χ1v) is 6.90. The van der Waals surface area contributed by atoms with Crippen molar-refractivity contribution in [3.8, 4) is 0 Å². The molecule has 0 aliphatic carbocycles. The summed E-state index contributed by atoms with van der Waals surface area (Å²) >= 11 is 0. The third kappa shape index (κ3) is 6.41. The molecule has 0 aromatic heterocycles. The summed E-state index contributed by atoms with van der Waals surface area (Å²) in [6.07, 6.45) is 9.99. The molecule has 0 bridgehead atoms. The Labute approximate surface area is 112 Å². The number of allylic oxidation sites excluding steroid dienone is 1. The van der Waals surface area contributed by atoms with Gasteiger partial charge in [-0.1, -0.05) is 61.9 Å². The first-order chi connectivity index (χ1) is 8.86. The van der Waals surface area contributed by atoms with Gasteiger partial charge in [-0.05, 0) is 30.9 Å². The van der Waals surface area contributed by atoms with Crippen molar-refractivity contribution in [1.82, 2.24) is 5.32 Å². The molecule has 1 nitrogen and oxygen atoms in total. The molecule has 1 aromatic rings. The van der Waals surface area contributed by atoms with Crippen LogP contribution in [0.15, 0.2) is 49.1 Å². The summed E-state index contributed by atoms with van der Waals surface area (Å²) in [5, 5.41) is 3.46. The Morgan fingerprint density at radius 2 is 2.06 bits per heavy atom. The van der Waals surface area contributed by atoms with Crippen LogP contribution in [-0.2, 0) is 0 Å². The highest BCUT2D eigenvalue weighted by Crippen LogP contribution is 2.12. The van der Waals surface area contributed by atoms with Crippen LogP contribution in [0, 0.1) is 5.92 Å². The Balaban J connectivity index is 2.11. The van der Waals surface area contributed by atoms with Gasteiger partial charge in [0.25, 0.3) is 0 Å². The molecule has 0 aliphatic heterocycles. The molecule has 0 saturated carbocycles. The molecule has 1 unspecified atom stereocenters. The maximum Gasteiger partial charge on any atom is 0.0138 e. The normalized spacial score (nSPS) is 12.7. The van der Waals surface area contributed by atoms with Crippen LogP contribution in [0.4, 0.5) is 0 Å². The Kier molecular flexibility index (Phi) is 7.90. The number of benzene rings is 1. The molecule has 0 spiro atoms. The van der Waals surface area contributed by atoms with Crippen LogP contribution in [0.3, 0.4) is 0 Å². The first-order valence-electron chi connectivity index (χ1n) is 6.90. The number of nitrogens with one attached hydrogen (secondary N) is 1. The molecule has 0 saturated heterocycles. The summed E-state index contributed by atoms with van der Waals surface area (Å²) in [4.78, 5) is 0. The minimum absolute atomic E-state index is 0.785. The quantitative estimate of drug-likeness (QED) is 0.504. The fourth-order valence-electron chi connectivity index (χ4n) is 1.98. The monoisotopic (exact) mass is 243 g/mol. The molecule has 1 atom stereocenters. The van der Waals surface area contributed by atoms with Crippen LogP contribution >= 0.6 is 0 Å². The standard InChI is InChI=1S/C17H25N/c1-3-9-16(4-2)13-15-18-14-8-12-17-10-6-5-7-11-17/h3,5-8,10-12,16,18H,1,4,9,13-15H2,2H3/b12-8+. The highest BCUT2D eigenvalue weighted by atomic mass is 14.8. The maximum atomic E-state index is 3.81. The zero-order valence-electron chi connectivity index (χ0n) is 11.4. The number of hydrogen-bond donors (Lipinski definition) is 1. The summed E-state index contributed by atoms with van der Waals surface area (Å²) in [6.45, 7) is 8.09. The zero-order chi connectivity index (χ0) is 13.1. The molecule has 0 aliphatic rings. The Morgan fingerprint density at radius 3 is 2.72 bits per heavy atom. The second-order valence-electron chi connectivity index (χ2n) is 4.60. The molecular formula is C17H25N. The highest BCUT2D eigenvalue weighted by molar-refractivity contribution is 5.48. The molecule has 1 heteroatoms. The molecule has 18 heavy (non-hydrogen) atoms. The van der Waals surface area contributed by atoms with Crippen LogP contribution in [0.2, 0.25) is 0 Å². The van der Waals surface area contributed by atoms with Crippen molar-refractivity contribution in [2.75, 3.05) is 13.1 Å². The molecule has 1 N–H and O–H groups in total. The van der Waals surface area contributed by atoms with Crippen molar-refractivity contribution in [1.29, 1.82) is 0 Å². The van der Waals surface area contributed by atoms with Crippen LogP contribution in [0.1, 0.15) is 31.7 Å². The molecular weight excluding hydrogens is 218 g/mol. The van der Waals surface area contributed by atoms with Gasteiger partial charge in [0.1, 0.15) is 0 Å². The summed E-state index contributed by atoms with van der Waals surface area (Å²) in [6, 6.07) is 10.4. The lowest BCUT2D eigenvalue weighted by Crippen LogP contribution is -2.17. The molecule has 98 valence electrons. The van der Waals surface area contributed by atoms with Crippen molar-refractivity contribution in [3.05, 3.63) is 54.6 Å². The average Bonchev–Trinajstić information content (AvgIpc) is 2.42. The molecule has 0 radical (unpaired) electrons. The predicted octanol–water partition coefficient (Wildman–Crippen LogP) is 4.28. The van der Waals surface area contributed by atoms with Crippen molar-refractivity contribution in [3.63, 3.8) is 0 Å². The first kappa shape index (κ1) is 14.7. The lowest BCUT2D eigenvalue weighted by atomic mass is 9.99. The van der Waals surface area contributed by atoms with Gasteiger partial charge >= 0.3 is 0 Å². The minimum Gasteiger partial charge on any atom is -0.313 e. The van der Waals surface area contributed by atoms with E-state index in [9.17, 15) is 0 Å². The van der Waals surface area contributed by atoms with E-state index in [1.165, 1.54) is 18.4 Å². The zero-order valence-corrected chi connectivity index (χ0v) is 11.4. The van der Waals surface area contributed by atoms with Gasteiger partial charge in [-0.15, -0.1) is 6.58 Å². The smallest absolute Gasteiger partial charge is 0.0138 e. The van der Waals surface area contributed by atoms with E-state index in [1.807, 2.05) is 12.1 Å². The van der Waals surface area contributed by atoms with Gasteiger partial charge in [0.2, 0.25) is 0 Å². The van der Waals surface area contributed by atoms with Gasteiger partial charge < -0.3 is 5.32 Å². The predicted molar refractivity (Wildman–Crippen MR) is 81.6 cm³/mol. The second kappa shape index (κ2) is 9.67. The van der Waals surface area contributed by atoms with Crippen molar-refractivity contribution >= 4 is 6.08 Å². The third-order valence-corrected chi connectivity index (χ3v) is 3.18. The summed E-state index contributed by atoms with van der Waals surface area (Å²) in [5.41, 5.74) is 1.26. The van der Waals surface area contributed by atoms with E-state index in [0.717, 1.165) is 25.4 Å². The minimum atomic E-state index is 0.785. The highest BCUT2D eigenvalue weighted by Gasteiger charge is 2.02. The van der Waals surface area contributed by atoms with Crippen LogP contribution in [-0.4, -0.2) is 13.1 Å². The molecule has 0 fully saturated rings. The van der Waals surface area contributed by atoms with E-state index in [2.05, 4.69) is 55.2 Å². The molecule has 0 amide bonds. The molecule has 1 aromatic carbocycles. The van der Waals surface area contributed by atoms with Gasteiger partial charge in [-0.2, -0.15) is 0 Å². The van der Waals surface area contributed by atoms with Gasteiger partial charge in [-0.3, -0.25) is 0 Å². The van der Waals surface area contributed by atoms with Gasteiger partial charge in [0, 0.05) is 6.54 Å². The van der Waals surface area contributed by atoms with Gasteiger partial charge in [0.15, 0.2) is 0 Å². The van der Waals surface area contributed by atoms with E-state index >= 15 is 0 Å². The number of hydrogen-bond acceptors (Lipinski definition) is 1. The van der Waals surface area contributed by atoms with Crippen LogP contribution in [0.25, 0.3) is 6.08 Å². The van der Waals surface area contributed by atoms with Crippen LogP contribution < -0.4 is 5.32 Å². The fraction of sp³-hybridized carbons (Fsp3) is 0.412. The van der Waals surface area contributed by atoms with E-state index in [0.29, 0.717) is 0 Å². The van der Waals surface area contributed by atoms with E-state index in [1.54, 1.807) is 0 Å². The van der Waals surface area contributed by atoms with E-state index in [4.69, 9.17) is 0 Å². The largest absolute Gasteiger partial charge is 0.313 e. The summed E-state index contributed by atoms with van der Waals surface area (Å²) in [7, 11) is 0. The van der Waals surface area contributed by atoms with Crippen molar-refractivity contribution in [2.24, 2.45) is 5.92 Å². The van der Waals surface area contributed by atoms with Gasteiger partial charge in [0.05, 0.1) is 0 Å². The topological polar surface area (TPSA) is 12.0 Å². The Hall–Kier alpha value is -1.34. The van der Waals surface area contributed by atoms with E-state index in [-0.39, 0.29) is 0 Å². The lowest BCUT2D eigenvalue weighted by molar-refractivity contribution is 0.462. The molecule has 1 rings (SSSR count). The Morgan fingerprint density at radius 1 is 1.28 bits per heavy atom. The Bertz CT molecular complexity index is 340.